The van der Waals surface area contributed by atoms with Gasteiger partial charge in [-0.25, -0.2) is 9.48 Å². The molecular formula is C20H15Cl2F3N2O2. The van der Waals surface area contributed by atoms with Crippen LogP contribution in [0.5, 0.6) is 5.88 Å². The summed E-state index contributed by atoms with van der Waals surface area (Å²) >= 11 is 12.0. The van der Waals surface area contributed by atoms with Gasteiger partial charge in [0, 0.05) is 0 Å². The largest absolute Gasteiger partial charge is 0.491 e. The lowest BCUT2D eigenvalue weighted by Gasteiger charge is -2.17. The molecular weight excluding hydrogens is 428 g/mol. The molecule has 29 heavy (non-hydrogen) atoms. The fourth-order valence-corrected chi connectivity index (χ4v) is 3.19. The molecule has 0 aliphatic rings. The highest BCUT2D eigenvalue weighted by molar-refractivity contribution is 6.42. The fraction of sp³-hybridized carbons (Fsp3) is 0.200. The molecule has 3 aromatic rings. The first-order valence-electron chi connectivity index (χ1n) is 8.48. The Morgan fingerprint density at radius 2 is 1.76 bits per heavy atom. The van der Waals surface area contributed by atoms with E-state index < -0.39 is 18.2 Å². The number of aromatic nitrogens is 2. The van der Waals surface area contributed by atoms with Crippen LogP contribution in [-0.4, -0.2) is 21.9 Å². The van der Waals surface area contributed by atoms with Crippen LogP contribution in [0.3, 0.4) is 0 Å². The average Bonchev–Trinajstić information content (AvgIpc) is 2.99. The van der Waals surface area contributed by atoms with Gasteiger partial charge in [-0.1, -0.05) is 59.6 Å². The zero-order valence-electron chi connectivity index (χ0n) is 15.3. The van der Waals surface area contributed by atoms with E-state index in [1.807, 2.05) is 0 Å². The third-order valence-electron chi connectivity index (χ3n) is 4.32. The van der Waals surface area contributed by atoms with Crippen LogP contribution in [0.15, 0.2) is 48.5 Å². The summed E-state index contributed by atoms with van der Waals surface area (Å²) in [5.74, 6) is -2.62. The van der Waals surface area contributed by atoms with Crippen molar-refractivity contribution in [3.63, 3.8) is 0 Å². The Bertz CT molecular complexity index is 1050. The van der Waals surface area contributed by atoms with Crippen LogP contribution < -0.4 is 4.74 Å². The van der Waals surface area contributed by atoms with Gasteiger partial charge >= 0.3 is 12.1 Å². The second-order valence-corrected chi connectivity index (χ2v) is 7.13. The minimum absolute atomic E-state index is 0.289. The number of benzene rings is 2. The van der Waals surface area contributed by atoms with E-state index in [2.05, 4.69) is 5.10 Å². The van der Waals surface area contributed by atoms with E-state index in [9.17, 15) is 18.0 Å². The predicted molar refractivity (Wildman–Crippen MR) is 104 cm³/mol. The standard InChI is InChI=1S/C20H15Cl2F3N2O2/c1-11-17(13-6-4-3-5-7-13)18(29-19(28)20(23,24)25)27(26-11)12(2)14-8-9-15(21)16(22)10-14/h3-10,12H,1-2H3. The number of esters is 1. The molecule has 4 nitrogen and oxygen atoms in total. The number of carbonyl (C=O) groups excluding carboxylic acids is 1. The molecule has 0 spiro atoms. The number of halogens is 5. The first-order valence-corrected chi connectivity index (χ1v) is 9.23. The van der Waals surface area contributed by atoms with Crippen molar-refractivity contribution in [2.24, 2.45) is 0 Å². The van der Waals surface area contributed by atoms with E-state index in [0.29, 0.717) is 27.4 Å². The first-order chi connectivity index (χ1) is 13.6. The molecule has 152 valence electrons. The summed E-state index contributed by atoms with van der Waals surface area (Å²) in [6.07, 6.45) is -5.15. The smallest absolute Gasteiger partial charge is 0.400 e. The molecule has 0 N–H and O–H groups in total. The molecule has 0 amide bonds. The number of alkyl halides is 3. The summed E-state index contributed by atoms with van der Waals surface area (Å²) in [4.78, 5) is 11.6. The Hall–Kier alpha value is -2.51. The van der Waals surface area contributed by atoms with Gasteiger partial charge < -0.3 is 4.74 Å². The molecule has 1 atom stereocenters. The van der Waals surface area contributed by atoms with Gasteiger partial charge in [0.25, 0.3) is 0 Å². The number of carbonyl (C=O) groups is 1. The first kappa shape index (κ1) is 21.2. The molecule has 0 saturated carbocycles. The summed E-state index contributed by atoms with van der Waals surface area (Å²) in [5, 5.41) is 4.98. The van der Waals surface area contributed by atoms with Crippen molar-refractivity contribution in [3.8, 4) is 17.0 Å². The monoisotopic (exact) mass is 442 g/mol. The summed E-state index contributed by atoms with van der Waals surface area (Å²) in [6, 6.07) is 12.9. The van der Waals surface area contributed by atoms with Gasteiger partial charge in [0.2, 0.25) is 5.88 Å². The number of hydrogen-bond acceptors (Lipinski definition) is 3. The molecule has 0 fully saturated rings. The Morgan fingerprint density at radius 3 is 2.34 bits per heavy atom. The summed E-state index contributed by atoms with van der Waals surface area (Å²) in [5.41, 5.74) is 1.91. The van der Waals surface area contributed by atoms with Gasteiger partial charge in [-0.15, -0.1) is 0 Å². The van der Waals surface area contributed by atoms with E-state index in [1.165, 1.54) is 4.68 Å². The summed E-state index contributed by atoms with van der Waals surface area (Å²) in [7, 11) is 0. The van der Waals surface area contributed by atoms with Crippen LogP contribution in [-0.2, 0) is 4.79 Å². The molecule has 0 aliphatic heterocycles. The molecule has 1 aromatic heterocycles. The van der Waals surface area contributed by atoms with E-state index in [-0.39, 0.29) is 10.9 Å². The molecule has 0 aliphatic carbocycles. The van der Waals surface area contributed by atoms with Gasteiger partial charge in [0.05, 0.1) is 27.3 Å². The number of ether oxygens (including phenoxy) is 1. The van der Waals surface area contributed by atoms with Crippen molar-refractivity contribution in [3.05, 3.63) is 69.8 Å². The summed E-state index contributed by atoms with van der Waals surface area (Å²) < 4.78 is 44.7. The van der Waals surface area contributed by atoms with Crippen molar-refractivity contribution >= 4 is 29.2 Å². The van der Waals surface area contributed by atoms with Crippen LogP contribution in [0, 0.1) is 6.92 Å². The molecule has 0 saturated heterocycles. The Labute approximate surface area is 174 Å². The zero-order valence-corrected chi connectivity index (χ0v) is 16.8. The molecule has 0 radical (unpaired) electrons. The lowest BCUT2D eigenvalue weighted by molar-refractivity contribution is -0.190. The number of hydrogen-bond donors (Lipinski definition) is 0. The highest BCUT2D eigenvalue weighted by Crippen LogP contribution is 2.38. The van der Waals surface area contributed by atoms with E-state index in [0.717, 1.165) is 0 Å². The quantitative estimate of drug-likeness (QED) is 0.449. The maximum Gasteiger partial charge on any atom is 0.491 e. The second kappa shape index (κ2) is 8.08. The molecule has 1 heterocycles. The normalized spacial score (nSPS) is 12.7. The predicted octanol–water partition coefficient (Wildman–Crippen LogP) is 6.24. The van der Waals surface area contributed by atoms with Gasteiger partial charge in [0.1, 0.15) is 0 Å². The van der Waals surface area contributed by atoms with Crippen LogP contribution in [0.1, 0.15) is 24.2 Å². The fourth-order valence-electron chi connectivity index (χ4n) is 2.88. The topological polar surface area (TPSA) is 44.1 Å². The van der Waals surface area contributed by atoms with Gasteiger partial charge in [0.15, 0.2) is 0 Å². The Morgan fingerprint density at radius 1 is 1.10 bits per heavy atom. The van der Waals surface area contributed by atoms with Crippen molar-refractivity contribution < 1.29 is 22.7 Å². The van der Waals surface area contributed by atoms with Crippen LogP contribution >= 0.6 is 23.2 Å². The third-order valence-corrected chi connectivity index (χ3v) is 5.06. The van der Waals surface area contributed by atoms with E-state index >= 15 is 0 Å². The van der Waals surface area contributed by atoms with Crippen molar-refractivity contribution in [1.82, 2.24) is 9.78 Å². The third kappa shape index (κ3) is 4.41. The number of rotatable bonds is 4. The molecule has 1 unspecified atom stereocenters. The minimum Gasteiger partial charge on any atom is -0.400 e. The molecule has 2 aromatic carbocycles. The zero-order chi connectivity index (χ0) is 21.3. The minimum atomic E-state index is -5.15. The van der Waals surface area contributed by atoms with Crippen molar-refractivity contribution in [1.29, 1.82) is 0 Å². The van der Waals surface area contributed by atoms with E-state index in [4.69, 9.17) is 27.9 Å². The van der Waals surface area contributed by atoms with Gasteiger partial charge in [-0.3, -0.25) is 0 Å². The SMILES string of the molecule is Cc1nn(C(C)c2ccc(Cl)c(Cl)c2)c(OC(=O)C(F)(F)F)c1-c1ccccc1. The average molecular weight is 443 g/mol. The highest BCUT2D eigenvalue weighted by atomic mass is 35.5. The van der Waals surface area contributed by atoms with Gasteiger partial charge in [-0.05, 0) is 37.1 Å². The summed E-state index contributed by atoms with van der Waals surface area (Å²) in [6.45, 7) is 3.33. The lowest BCUT2D eigenvalue weighted by Crippen LogP contribution is -2.29. The Kier molecular flexibility index (Phi) is 5.91. The van der Waals surface area contributed by atoms with E-state index in [1.54, 1.807) is 62.4 Å². The van der Waals surface area contributed by atoms with Crippen LogP contribution in [0.2, 0.25) is 10.0 Å². The maximum atomic E-state index is 12.9. The van der Waals surface area contributed by atoms with Crippen LogP contribution in [0.25, 0.3) is 11.1 Å². The van der Waals surface area contributed by atoms with Crippen molar-refractivity contribution in [2.75, 3.05) is 0 Å². The molecule has 3 rings (SSSR count). The molecule has 9 heteroatoms. The lowest BCUT2D eigenvalue weighted by atomic mass is 10.1. The second-order valence-electron chi connectivity index (χ2n) is 6.31. The molecule has 0 bridgehead atoms. The number of aryl methyl sites for hydroxylation is 1. The highest BCUT2D eigenvalue weighted by Gasteiger charge is 2.43. The number of nitrogens with zero attached hydrogens (tertiary/aromatic N) is 2. The maximum absolute atomic E-state index is 12.9. The van der Waals surface area contributed by atoms with Crippen LogP contribution in [0.4, 0.5) is 13.2 Å². The van der Waals surface area contributed by atoms with Gasteiger partial charge in [-0.2, -0.15) is 18.3 Å². The Balaban J connectivity index is 2.15. The van der Waals surface area contributed by atoms with Crippen molar-refractivity contribution in [2.45, 2.75) is 26.1 Å².